The Hall–Kier alpha value is -1.69. The van der Waals surface area contributed by atoms with Crippen LogP contribution in [0.3, 0.4) is 0 Å². The lowest BCUT2D eigenvalue weighted by Gasteiger charge is -2.14. The van der Waals surface area contributed by atoms with Gasteiger partial charge in [0.05, 0.1) is 6.61 Å². The van der Waals surface area contributed by atoms with Gasteiger partial charge < -0.3 is 14.8 Å². The fourth-order valence-electron chi connectivity index (χ4n) is 2.44. The molecular formula is C15H19F2NO3. The van der Waals surface area contributed by atoms with Gasteiger partial charge in [0.1, 0.15) is 5.75 Å². The second-order valence-electron chi connectivity index (χ2n) is 5.26. The normalized spacial score (nSPS) is 18.0. The number of rotatable bonds is 5. The molecule has 0 radical (unpaired) electrons. The fourth-order valence-corrected chi connectivity index (χ4v) is 2.44. The molecule has 21 heavy (non-hydrogen) atoms. The van der Waals surface area contributed by atoms with E-state index in [-0.39, 0.29) is 11.7 Å². The Balaban J connectivity index is 2.03. The van der Waals surface area contributed by atoms with Crippen LogP contribution >= 0.6 is 0 Å². The molecule has 1 N–H and O–H groups in total. The minimum absolute atomic E-state index is 0.130. The van der Waals surface area contributed by atoms with Crippen LogP contribution in [0.5, 0.6) is 5.75 Å². The van der Waals surface area contributed by atoms with Gasteiger partial charge in [0.15, 0.2) is 0 Å². The minimum atomic E-state index is -2.87. The molecule has 1 atom stereocenters. The van der Waals surface area contributed by atoms with E-state index in [1.807, 2.05) is 0 Å². The fraction of sp³-hybridized carbons (Fsp3) is 0.533. The van der Waals surface area contributed by atoms with Crippen molar-refractivity contribution in [1.29, 1.82) is 0 Å². The predicted octanol–water partition coefficient (Wildman–Crippen LogP) is 2.67. The smallest absolute Gasteiger partial charge is 0.387 e. The molecule has 0 bridgehead atoms. The quantitative estimate of drug-likeness (QED) is 0.909. The van der Waals surface area contributed by atoms with Crippen molar-refractivity contribution in [3.8, 4) is 5.75 Å². The monoisotopic (exact) mass is 299 g/mol. The molecule has 1 aromatic rings. The molecular weight excluding hydrogens is 280 g/mol. The lowest BCUT2D eigenvalue weighted by atomic mass is 10.0. The second kappa shape index (κ2) is 6.85. The summed E-state index contributed by atoms with van der Waals surface area (Å²) < 4.78 is 34.4. The predicted molar refractivity (Wildman–Crippen MR) is 73.8 cm³/mol. The summed E-state index contributed by atoms with van der Waals surface area (Å²) in [7, 11) is 0. The van der Waals surface area contributed by atoms with Gasteiger partial charge in [-0.1, -0.05) is 0 Å². The standard InChI is InChI=1S/C15H19F2NO3/c1-9-5-12(6-10(2)13(9)21-15(16)17)14(19)18-7-11-3-4-20-8-11/h5-6,11,15H,3-4,7-8H2,1-2H3,(H,18,19)/t11-/m1/s1. The molecule has 0 saturated carbocycles. The number of hydrogen-bond acceptors (Lipinski definition) is 3. The van der Waals surface area contributed by atoms with Crippen LogP contribution in [0.4, 0.5) is 8.78 Å². The molecule has 0 unspecified atom stereocenters. The Labute approximate surface area is 122 Å². The summed E-state index contributed by atoms with van der Waals surface area (Å²) in [4.78, 5) is 12.1. The maximum absolute atomic E-state index is 12.3. The van der Waals surface area contributed by atoms with Crippen molar-refractivity contribution in [1.82, 2.24) is 5.32 Å². The number of carbonyl (C=O) groups is 1. The largest absolute Gasteiger partial charge is 0.434 e. The molecule has 116 valence electrons. The number of aryl methyl sites for hydroxylation is 2. The number of amides is 1. The maximum atomic E-state index is 12.3. The van der Waals surface area contributed by atoms with E-state index >= 15 is 0 Å². The van der Waals surface area contributed by atoms with Crippen molar-refractivity contribution in [2.24, 2.45) is 5.92 Å². The Kier molecular flexibility index (Phi) is 5.12. The zero-order valence-electron chi connectivity index (χ0n) is 12.1. The van der Waals surface area contributed by atoms with Crippen molar-refractivity contribution in [3.63, 3.8) is 0 Å². The number of benzene rings is 1. The lowest BCUT2D eigenvalue weighted by molar-refractivity contribution is -0.0507. The number of nitrogens with one attached hydrogen (secondary N) is 1. The molecule has 0 aliphatic carbocycles. The molecule has 1 fully saturated rings. The van der Waals surface area contributed by atoms with Crippen LogP contribution in [0.2, 0.25) is 0 Å². The second-order valence-corrected chi connectivity index (χ2v) is 5.26. The average Bonchev–Trinajstić information content (AvgIpc) is 2.93. The molecule has 1 saturated heterocycles. The first-order valence-electron chi connectivity index (χ1n) is 6.89. The van der Waals surface area contributed by atoms with Gasteiger partial charge in [-0.15, -0.1) is 0 Å². The van der Waals surface area contributed by atoms with E-state index in [1.165, 1.54) is 0 Å². The van der Waals surface area contributed by atoms with E-state index in [4.69, 9.17) is 4.74 Å². The Morgan fingerprint density at radius 2 is 2.10 bits per heavy atom. The van der Waals surface area contributed by atoms with Crippen LogP contribution in [-0.4, -0.2) is 32.3 Å². The van der Waals surface area contributed by atoms with Gasteiger partial charge in [-0.3, -0.25) is 4.79 Å². The highest BCUT2D eigenvalue weighted by Gasteiger charge is 2.18. The SMILES string of the molecule is Cc1cc(C(=O)NC[C@H]2CCOC2)cc(C)c1OC(F)F. The van der Waals surface area contributed by atoms with Gasteiger partial charge in [-0.25, -0.2) is 0 Å². The van der Waals surface area contributed by atoms with Gasteiger partial charge in [-0.2, -0.15) is 8.78 Å². The van der Waals surface area contributed by atoms with Crippen molar-refractivity contribution in [2.45, 2.75) is 26.9 Å². The van der Waals surface area contributed by atoms with Crippen LogP contribution in [0.15, 0.2) is 12.1 Å². The third kappa shape index (κ3) is 4.14. The third-order valence-electron chi connectivity index (χ3n) is 3.50. The summed E-state index contributed by atoms with van der Waals surface area (Å²) in [5.41, 5.74) is 1.49. The van der Waals surface area contributed by atoms with E-state index in [0.29, 0.717) is 35.8 Å². The van der Waals surface area contributed by atoms with Crippen molar-refractivity contribution >= 4 is 5.91 Å². The molecule has 0 spiro atoms. The summed E-state index contributed by atoms with van der Waals surface area (Å²) in [5, 5.41) is 2.85. The Morgan fingerprint density at radius 1 is 1.43 bits per heavy atom. The van der Waals surface area contributed by atoms with Crippen LogP contribution in [0, 0.1) is 19.8 Å². The van der Waals surface area contributed by atoms with Gasteiger partial charge in [-0.05, 0) is 43.5 Å². The van der Waals surface area contributed by atoms with Crippen molar-refractivity contribution in [3.05, 3.63) is 28.8 Å². The molecule has 1 aromatic carbocycles. The van der Waals surface area contributed by atoms with Crippen LogP contribution in [0.1, 0.15) is 27.9 Å². The summed E-state index contributed by atoms with van der Waals surface area (Å²) in [5.74, 6) is 0.264. The number of alkyl halides is 2. The first-order valence-corrected chi connectivity index (χ1v) is 6.89. The average molecular weight is 299 g/mol. The molecule has 1 aliphatic heterocycles. The molecule has 1 heterocycles. The molecule has 0 aromatic heterocycles. The van der Waals surface area contributed by atoms with E-state index in [1.54, 1.807) is 26.0 Å². The minimum Gasteiger partial charge on any atom is -0.434 e. The van der Waals surface area contributed by atoms with Crippen LogP contribution in [-0.2, 0) is 4.74 Å². The van der Waals surface area contributed by atoms with Gasteiger partial charge in [0.2, 0.25) is 0 Å². The highest BCUT2D eigenvalue weighted by molar-refractivity contribution is 5.94. The molecule has 1 aliphatic rings. The number of ether oxygens (including phenoxy) is 2. The highest BCUT2D eigenvalue weighted by atomic mass is 19.3. The summed E-state index contributed by atoms with van der Waals surface area (Å²) in [6.07, 6.45) is 0.944. The number of halogens is 2. The first kappa shape index (κ1) is 15.7. The summed E-state index contributed by atoms with van der Waals surface area (Å²) in [6, 6.07) is 3.12. The van der Waals surface area contributed by atoms with Gasteiger partial charge >= 0.3 is 6.61 Å². The summed E-state index contributed by atoms with van der Waals surface area (Å²) in [6.45, 7) is 2.38. The third-order valence-corrected chi connectivity index (χ3v) is 3.50. The van der Waals surface area contributed by atoms with Crippen LogP contribution < -0.4 is 10.1 Å². The topological polar surface area (TPSA) is 47.6 Å². The van der Waals surface area contributed by atoms with E-state index in [9.17, 15) is 13.6 Å². The van der Waals surface area contributed by atoms with Crippen molar-refractivity contribution < 1.29 is 23.0 Å². The summed E-state index contributed by atoms with van der Waals surface area (Å²) >= 11 is 0. The Bertz CT molecular complexity index is 491. The van der Waals surface area contributed by atoms with E-state index in [0.717, 1.165) is 13.0 Å². The van der Waals surface area contributed by atoms with Gasteiger partial charge in [0, 0.05) is 24.6 Å². The highest BCUT2D eigenvalue weighted by Crippen LogP contribution is 2.26. The van der Waals surface area contributed by atoms with Gasteiger partial charge in [0.25, 0.3) is 5.91 Å². The zero-order chi connectivity index (χ0) is 15.4. The Morgan fingerprint density at radius 3 is 2.62 bits per heavy atom. The van der Waals surface area contributed by atoms with E-state index < -0.39 is 6.61 Å². The first-order chi connectivity index (χ1) is 9.97. The molecule has 2 rings (SSSR count). The number of carbonyl (C=O) groups excluding carboxylic acids is 1. The number of hydrogen-bond donors (Lipinski definition) is 1. The molecule has 4 nitrogen and oxygen atoms in total. The molecule has 6 heteroatoms. The van der Waals surface area contributed by atoms with E-state index in [2.05, 4.69) is 10.1 Å². The maximum Gasteiger partial charge on any atom is 0.387 e. The zero-order valence-corrected chi connectivity index (χ0v) is 12.1. The lowest BCUT2D eigenvalue weighted by Crippen LogP contribution is -2.29. The van der Waals surface area contributed by atoms with Crippen molar-refractivity contribution in [2.75, 3.05) is 19.8 Å². The molecule has 1 amide bonds. The van der Waals surface area contributed by atoms with Crippen LogP contribution in [0.25, 0.3) is 0 Å².